The van der Waals surface area contributed by atoms with Gasteiger partial charge in [0.05, 0.1) is 32.0 Å². The molecule has 0 aromatic rings. The summed E-state index contributed by atoms with van der Waals surface area (Å²) in [5.74, 6) is -3.05. The van der Waals surface area contributed by atoms with Crippen LogP contribution in [0.1, 0.15) is 45.4 Å². The number of aliphatic carboxylic acids is 3. The number of aliphatic hydroxyl groups excluding tert-OH is 1. The van der Waals surface area contributed by atoms with Gasteiger partial charge in [-0.15, -0.1) is 0 Å². The van der Waals surface area contributed by atoms with Crippen molar-refractivity contribution in [3.05, 3.63) is 0 Å². The van der Waals surface area contributed by atoms with Gasteiger partial charge >= 0.3 is 17.9 Å². The quantitative estimate of drug-likeness (QED) is 0.145. The number of aliphatic hydroxyl groups is 1. The van der Waals surface area contributed by atoms with Gasteiger partial charge in [-0.25, -0.2) is 8.42 Å². The summed E-state index contributed by atoms with van der Waals surface area (Å²) in [6.45, 7) is 4.39. The Morgan fingerprint density at radius 3 is 1.41 bits per heavy atom. The highest BCUT2D eigenvalue weighted by Gasteiger charge is 2.24. The van der Waals surface area contributed by atoms with E-state index in [1.165, 1.54) is 4.31 Å². The summed E-state index contributed by atoms with van der Waals surface area (Å²) >= 11 is 0. The minimum atomic E-state index is -3.53. The lowest BCUT2D eigenvalue weighted by Gasteiger charge is -2.34. The Hall–Kier alpha value is -1.88. The fraction of sp³-hybridized carbons (Fsp3) is 0.885. The molecule has 1 unspecified atom stereocenters. The van der Waals surface area contributed by atoms with Gasteiger partial charge in [0.15, 0.2) is 0 Å². The van der Waals surface area contributed by atoms with Crippen LogP contribution in [0.25, 0.3) is 0 Å². The lowest BCUT2D eigenvalue weighted by molar-refractivity contribution is -0.140. The lowest BCUT2D eigenvalue weighted by atomic mass is 10.1. The molecule has 0 aliphatic carbocycles. The van der Waals surface area contributed by atoms with Gasteiger partial charge in [-0.1, -0.05) is 39.0 Å². The van der Waals surface area contributed by atoms with E-state index in [4.69, 9.17) is 0 Å². The molecule has 0 saturated carbocycles. The number of carbonyl (C=O) groups is 3. The third-order valence-electron chi connectivity index (χ3n) is 7.12. The minimum Gasteiger partial charge on any atom is -0.480 e. The second kappa shape index (κ2) is 20.1. The summed E-state index contributed by atoms with van der Waals surface area (Å²) in [4.78, 5) is 41.2. The average Bonchev–Trinajstić information content (AvgIpc) is 2.85. The highest BCUT2D eigenvalue weighted by atomic mass is 32.2. The molecular formula is C26H51N5O9S. The number of sulfonamides is 1. The lowest BCUT2D eigenvalue weighted by Crippen LogP contribution is -2.50. The number of hydrogen-bond acceptors (Lipinski definition) is 10. The van der Waals surface area contributed by atoms with Crippen LogP contribution in [0, 0.1) is 0 Å². The molecule has 15 heteroatoms. The summed E-state index contributed by atoms with van der Waals surface area (Å²) in [6, 6.07) is 0. The Labute approximate surface area is 244 Å². The Balaban J connectivity index is 2.93. The van der Waals surface area contributed by atoms with Crippen molar-refractivity contribution >= 4 is 27.9 Å². The zero-order valence-electron chi connectivity index (χ0n) is 24.7. The van der Waals surface area contributed by atoms with E-state index in [-0.39, 0.29) is 32.7 Å². The molecule has 4 N–H and O–H groups in total. The molecule has 0 radical (unpaired) electrons. The zero-order valence-corrected chi connectivity index (χ0v) is 25.5. The monoisotopic (exact) mass is 609 g/mol. The van der Waals surface area contributed by atoms with Crippen molar-refractivity contribution in [2.75, 3.05) is 97.9 Å². The van der Waals surface area contributed by atoms with Crippen LogP contribution in [0.4, 0.5) is 0 Å². The van der Waals surface area contributed by atoms with Gasteiger partial charge in [-0.05, 0) is 6.42 Å². The van der Waals surface area contributed by atoms with E-state index >= 15 is 0 Å². The van der Waals surface area contributed by atoms with Gasteiger partial charge in [0.1, 0.15) is 0 Å². The Morgan fingerprint density at radius 2 is 1.05 bits per heavy atom. The molecule has 0 bridgehead atoms. The van der Waals surface area contributed by atoms with Crippen molar-refractivity contribution in [2.24, 2.45) is 0 Å². The first-order valence-electron chi connectivity index (χ1n) is 14.5. The van der Waals surface area contributed by atoms with Crippen molar-refractivity contribution in [3.63, 3.8) is 0 Å². The molecule has 0 aromatic heterocycles. The van der Waals surface area contributed by atoms with Gasteiger partial charge in [0.25, 0.3) is 0 Å². The van der Waals surface area contributed by atoms with E-state index in [0.717, 1.165) is 38.4 Å². The molecule has 1 rings (SSSR count). The van der Waals surface area contributed by atoms with Gasteiger partial charge in [-0.2, -0.15) is 4.31 Å². The van der Waals surface area contributed by atoms with E-state index in [1.807, 2.05) is 4.90 Å². The first-order valence-corrected chi connectivity index (χ1v) is 16.3. The highest BCUT2D eigenvalue weighted by molar-refractivity contribution is 7.88. The maximum absolute atomic E-state index is 12.4. The number of β-amino-alcohol motifs (C(OH)–C–C–N with tert-alkyl or cyclic N) is 1. The Bertz CT molecular complexity index is 861. The van der Waals surface area contributed by atoms with E-state index in [9.17, 15) is 43.2 Å². The molecule has 0 aromatic carbocycles. The van der Waals surface area contributed by atoms with Crippen LogP contribution in [0.2, 0.25) is 0 Å². The molecular weight excluding hydrogens is 558 g/mol. The van der Waals surface area contributed by atoms with Gasteiger partial charge in [0.2, 0.25) is 10.0 Å². The largest absolute Gasteiger partial charge is 0.480 e. The molecule has 1 heterocycles. The van der Waals surface area contributed by atoms with Crippen LogP contribution < -0.4 is 0 Å². The van der Waals surface area contributed by atoms with Crippen molar-refractivity contribution in [3.8, 4) is 0 Å². The number of carboxylic acid groups (broad SMARTS) is 3. The minimum absolute atomic E-state index is 0.0634. The molecule has 1 saturated heterocycles. The molecule has 1 atom stereocenters. The second-order valence-electron chi connectivity index (χ2n) is 10.9. The van der Waals surface area contributed by atoms with Gasteiger partial charge < -0.3 is 20.4 Å². The molecule has 0 spiro atoms. The van der Waals surface area contributed by atoms with Gasteiger partial charge in [0, 0.05) is 72.0 Å². The number of rotatable bonds is 18. The van der Waals surface area contributed by atoms with Crippen molar-refractivity contribution in [1.29, 1.82) is 0 Å². The van der Waals surface area contributed by atoms with Crippen molar-refractivity contribution in [2.45, 2.75) is 51.6 Å². The van der Waals surface area contributed by atoms with Crippen LogP contribution in [0.15, 0.2) is 0 Å². The smallest absolute Gasteiger partial charge is 0.317 e. The Kier molecular flexibility index (Phi) is 18.2. The van der Waals surface area contributed by atoms with E-state index in [1.54, 1.807) is 14.7 Å². The van der Waals surface area contributed by atoms with E-state index in [0.29, 0.717) is 65.3 Å². The molecule has 1 aliphatic heterocycles. The van der Waals surface area contributed by atoms with Crippen LogP contribution in [-0.2, 0) is 24.4 Å². The first kappa shape index (κ1) is 37.1. The predicted octanol–water partition coefficient (Wildman–Crippen LogP) is -0.555. The molecule has 240 valence electrons. The summed E-state index contributed by atoms with van der Waals surface area (Å²) in [7, 11) is -3.53. The fourth-order valence-electron chi connectivity index (χ4n) is 4.86. The topological polar surface area (TPSA) is 182 Å². The number of hydrogen-bond donors (Lipinski definition) is 4. The summed E-state index contributed by atoms with van der Waals surface area (Å²) in [5.41, 5.74) is 0. The van der Waals surface area contributed by atoms with Crippen molar-refractivity contribution in [1.82, 2.24) is 23.9 Å². The second-order valence-corrected chi connectivity index (χ2v) is 12.8. The Morgan fingerprint density at radius 1 is 0.683 bits per heavy atom. The average molecular weight is 610 g/mol. The molecule has 1 fully saturated rings. The van der Waals surface area contributed by atoms with E-state index < -0.39 is 34.0 Å². The van der Waals surface area contributed by atoms with Crippen LogP contribution in [0.3, 0.4) is 0 Å². The van der Waals surface area contributed by atoms with Crippen LogP contribution >= 0.6 is 0 Å². The summed E-state index contributed by atoms with van der Waals surface area (Å²) in [6.07, 6.45) is 6.19. The third-order valence-corrected chi connectivity index (χ3v) is 8.39. The first-order chi connectivity index (χ1) is 19.3. The number of unbranched alkanes of at least 4 members (excludes halogenated alkanes) is 5. The zero-order chi connectivity index (χ0) is 30.8. The molecule has 0 amide bonds. The van der Waals surface area contributed by atoms with Crippen LogP contribution in [0.5, 0.6) is 0 Å². The summed E-state index contributed by atoms with van der Waals surface area (Å²) < 4.78 is 26.1. The standard InChI is InChI=1S/C26H51N5O9S/c1-3-4-5-6-7-8-9-31(41(2,39)40)19-23(32)18-27-10-12-28(20-24(33)34)14-16-30(22-26(37)38)17-15-29(13-11-27)21-25(35)36/h23,32H,3-22H2,1-2H3,(H,33,34)(H,35,36)(H,37,38). The number of nitrogens with zero attached hydrogens (tertiary/aromatic N) is 5. The third kappa shape index (κ3) is 18.3. The molecule has 1 aliphatic rings. The fourth-order valence-corrected chi connectivity index (χ4v) is 5.76. The highest BCUT2D eigenvalue weighted by Crippen LogP contribution is 2.10. The molecule has 41 heavy (non-hydrogen) atoms. The van der Waals surface area contributed by atoms with Crippen molar-refractivity contribution < 1.29 is 43.2 Å². The van der Waals surface area contributed by atoms with E-state index in [2.05, 4.69) is 6.92 Å². The molecule has 14 nitrogen and oxygen atoms in total. The normalized spacial score (nSPS) is 18.5. The maximum atomic E-state index is 12.4. The van der Waals surface area contributed by atoms with Gasteiger partial charge in [-0.3, -0.25) is 34.0 Å². The van der Waals surface area contributed by atoms with Crippen LogP contribution in [-0.4, -0.2) is 175 Å². The summed E-state index contributed by atoms with van der Waals surface area (Å²) in [5, 5.41) is 38.9. The SMILES string of the molecule is CCCCCCCCN(CC(O)CN1CCN(CC(=O)O)CCN(CC(=O)O)CCN(CC(=O)O)CC1)S(C)(=O)=O. The maximum Gasteiger partial charge on any atom is 0.317 e. The number of carboxylic acids is 3. The predicted molar refractivity (Wildman–Crippen MR) is 154 cm³/mol.